The van der Waals surface area contributed by atoms with Gasteiger partial charge >= 0.3 is 0 Å². The van der Waals surface area contributed by atoms with Crippen LogP contribution < -0.4 is 20.1 Å². The second-order valence-electron chi connectivity index (χ2n) is 5.14. The van der Waals surface area contributed by atoms with Gasteiger partial charge in [-0.25, -0.2) is 0 Å². The summed E-state index contributed by atoms with van der Waals surface area (Å²) in [6, 6.07) is 5.17. The molecule has 1 aromatic carbocycles. The van der Waals surface area contributed by atoms with Crippen LogP contribution in [0.2, 0.25) is 0 Å². The summed E-state index contributed by atoms with van der Waals surface area (Å²) in [7, 11) is 0. The Morgan fingerprint density at radius 3 is 2.64 bits per heavy atom. The molecule has 22 heavy (non-hydrogen) atoms. The fraction of sp³-hybridized carbons (Fsp3) is 0.500. The normalized spacial score (nSPS) is 12.6. The molecule has 6 heteroatoms. The third kappa shape index (κ3) is 4.95. The van der Waals surface area contributed by atoms with Gasteiger partial charge in [0.2, 0.25) is 11.8 Å². The molecule has 0 spiro atoms. The van der Waals surface area contributed by atoms with E-state index in [2.05, 4.69) is 17.6 Å². The van der Waals surface area contributed by atoms with Gasteiger partial charge in [-0.3, -0.25) is 9.59 Å². The minimum Gasteiger partial charge on any atom is -0.486 e. The standard InChI is InChI=1S/C16H22N2O4/c1-2-3-4-7-17-15(19)11-16(20)18-12-5-6-13-14(10-12)22-9-8-21-13/h5-6,10H,2-4,7-9,11H2,1H3,(H,17,19)(H,18,20). The Morgan fingerprint density at radius 2 is 1.86 bits per heavy atom. The lowest BCUT2D eigenvalue weighted by molar-refractivity contribution is -0.126. The van der Waals surface area contributed by atoms with Crippen LogP contribution in [0.4, 0.5) is 5.69 Å². The number of fused-ring (bicyclic) bond motifs is 1. The quantitative estimate of drug-likeness (QED) is 0.597. The molecule has 0 bridgehead atoms. The fourth-order valence-corrected chi connectivity index (χ4v) is 2.14. The number of carbonyl (C=O) groups is 2. The average Bonchev–Trinajstić information content (AvgIpc) is 2.51. The van der Waals surface area contributed by atoms with E-state index >= 15 is 0 Å². The minimum absolute atomic E-state index is 0.180. The van der Waals surface area contributed by atoms with Gasteiger partial charge in [-0.2, -0.15) is 0 Å². The van der Waals surface area contributed by atoms with E-state index in [-0.39, 0.29) is 18.2 Å². The van der Waals surface area contributed by atoms with Gasteiger partial charge in [0.1, 0.15) is 19.6 Å². The maximum atomic E-state index is 11.8. The minimum atomic E-state index is -0.343. The molecule has 1 heterocycles. The topological polar surface area (TPSA) is 76.7 Å². The van der Waals surface area contributed by atoms with Crippen molar-refractivity contribution in [3.8, 4) is 11.5 Å². The van der Waals surface area contributed by atoms with E-state index in [1.165, 1.54) is 0 Å². The summed E-state index contributed by atoms with van der Waals surface area (Å²) in [6.07, 6.45) is 2.93. The van der Waals surface area contributed by atoms with Crippen LogP contribution in [0.5, 0.6) is 11.5 Å². The first-order valence-corrected chi connectivity index (χ1v) is 7.65. The van der Waals surface area contributed by atoms with Crippen molar-refractivity contribution in [1.29, 1.82) is 0 Å². The molecule has 0 aromatic heterocycles. The monoisotopic (exact) mass is 306 g/mol. The van der Waals surface area contributed by atoms with Crippen LogP contribution in [0.1, 0.15) is 32.6 Å². The molecule has 0 fully saturated rings. The maximum absolute atomic E-state index is 11.8. The Balaban J connectivity index is 1.78. The average molecular weight is 306 g/mol. The Labute approximate surface area is 130 Å². The summed E-state index contributed by atoms with van der Waals surface area (Å²) in [5.74, 6) is 0.668. The zero-order valence-corrected chi connectivity index (χ0v) is 12.8. The number of ether oxygens (including phenoxy) is 2. The molecule has 1 aromatic rings. The highest BCUT2D eigenvalue weighted by Crippen LogP contribution is 2.32. The van der Waals surface area contributed by atoms with Gasteiger partial charge in [-0.1, -0.05) is 19.8 Å². The molecule has 0 aliphatic carbocycles. The first-order chi connectivity index (χ1) is 10.7. The molecule has 1 aliphatic heterocycles. The Bertz CT molecular complexity index is 531. The number of hydrogen-bond donors (Lipinski definition) is 2. The van der Waals surface area contributed by atoms with E-state index in [0.29, 0.717) is 36.9 Å². The number of amides is 2. The molecule has 0 unspecified atom stereocenters. The molecule has 6 nitrogen and oxygen atoms in total. The lowest BCUT2D eigenvalue weighted by Crippen LogP contribution is -2.28. The molecule has 0 radical (unpaired) electrons. The summed E-state index contributed by atoms with van der Waals surface area (Å²) in [4.78, 5) is 23.5. The van der Waals surface area contributed by atoms with Crippen LogP contribution in [-0.4, -0.2) is 31.6 Å². The van der Waals surface area contributed by atoms with Crippen LogP contribution in [0.15, 0.2) is 18.2 Å². The van der Waals surface area contributed by atoms with Crippen molar-refractivity contribution >= 4 is 17.5 Å². The zero-order valence-electron chi connectivity index (χ0n) is 12.8. The zero-order chi connectivity index (χ0) is 15.8. The predicted molar refractivity (Wildman–Crippen MR) is 83.2 cm³/mol. The number of benzene rings is 1. The number of carbonyl (C=O) groups excluding carboxylic acids is 2. The van der Waals surface area contributed by atoms with Crippen molar-refractivity contribution in [2.24, 2.45) is 0 Å². The van der Waals surface area contributed by atoms with Crippen molar-refractivity contribution in [2.75, 3.05) is 25.1 Å². The highest BCUT2D eigenvalue weighted by Gasteiger charge is 2.14. The molecule has 2 rings (SSSR count). The fourth-order valence-electron chi connectivity index (χ4n) is 2.14. The first-order valence-electron chi connectivity index (χ1n) is 7.65. The number of anilines is 1. The largest absolute Gasteiger partial charge is 0.486 e. The maximum Gasteiger partial charge on any atom is 0.233 e. The first kappa shape index (κ1) is 16.1. The predicted octanol–water partition coefficient (Wildman–Crippen LogP) is 2.09. The summed E-state index contributed by atoms with van der Waals surface area (Å²) in [5.41, 5.74) is 0.591. The van der Waals surface area contributed by atoms with E-state index < -0.39 is 0 Å². The third-order valence-corrected chi connectivity index (χ3v) is 3.25. The Morgan fingerprint density at radius 1 is 1.09 bits per heavy atom. The van der Waals surface area contributed by atoms with Crippen LogP contribution in [0, 0.1) is 0 Å². The van der Waals surface area contributed by atoms with Crippen molar-refractivity contribution in [2.45, 2.75) is 32.6 Å². The van der Waals surface area contributed by atoms with Crippen LogP contribution >= 0.6 is 0 Å². The van der Waals surface area contributed by atoms with Gasteiger partial charge in [0, 0.05) is 18.3 Å². The van der Waals surface area contributed by atoms with E-state index in [4.69, 9.17) is 9.47 Å². The second-order valence-corrected chi connectivity index (χ2v) is 5.14. The van der Waals surface area contributed by atoms with E-state index in [0.717, 1.165) is 19.3 Å². The van der Waals surface area contributed by atoms with Crippen LogP contribution in [-0.2, 0) is 9.59 Å². The molecular weight excluding hydrogens is 284 g/mol. The second kappa shape index (κ2) is 8.26. The number of unbranched alkanes of at least 4 members (excludes halogenated alkanes) is 2. The number of nitrogens with one attached hydrogen (secondary N) is 2. The molecule has 2 amide bonds. The lowest BCUT2D eigenvalue weighted by Gasteiger charge is -2.19. The van der Waals surface area contributed by atoms with Crippen LogP contribution in [0.3, 0.4) is 0 Å². The molecule has 0 saturated carbocycles. The van der Waals surface area contributed by atoms with E-state index in [9.17, 15) is 9.59 Å². The van der Waals surface area contributed by atoms with Gasteiger partial charge in [0.15, 0.2) is 11.5 Å². The van der Waals surface area contributed by atoms with Gasteiger partial charge in [-0.05, 0) is 18.6 Å². The molecule has 0 atom stereocenters. The summed E-state index contributed by atoms with van der Waals surface area (Å²) in [5, 5.41) is 5.43. The molecule has 2 N–H and O–H groups in total. The van der Waals surface area contributed by atoms with Gasteiger partial charge in [0.05, 0.1) is 0 Å². The third-order valence-electron chi connectivity index (χ3n) is 3.25. The summed E-state index contributed by atoms with van der Waals surface area (Å²) < 4.78 is 10.9. The molecule has 1 aliphatic rings. The van der Waals surface area contributed by atoms with Gasteiger partial charge in [-0.15, -0.1) is 0 Å². The van der Waals surface area contributed by atoms with E-state index in [1.807, 2.05) is 0 Å². The van der Waals surface area contributed by atoms with Gasteiger partial charge in [0.25, 0.3) is 0 Å². The summed E-state index contributed by atoms with van der Waals surface area (Å²) in [6.45, 7) is 3.73. The van der Waals surface area contributed by atoms with Crippen molar-refractivity contribution < 1.29 is 19.1 Å². The number of hydrogen-bond acceptors (Lipinski definition) is 4. The molecular formula is C16H22N2O4. The van der Waals surface area contributed by atoms with Crippen molar-refractivity contribution in [1.82, 2.24) is 5.32 Å². The lowest BCUT2D eigenvalue weighted by atomic mass is 10.2. The van der Waals surface area contributed by atoms with Gasteiger partial charge < -0.3 is 20.1 Å². The Kier molecular flexibility index (Phi) is 6.06. The number of rotatable bonds is 7. The SMILES string of the molecule is CCCCCNC(=O)CC(=O)Nc1ccc2c(c1)OCCO2. The Hall–Kier alpha value is -2.24. The van der Waals surface area contributed by atoms with Crippen molar-refractivity contribution in [3.63, 3.8) is 0 Å². The summed E-state index contributed by atoms with van der Waals surface area (Å²) >= 11 is 0. The molecule has 120 valence electrons. The smallest absolute Gasteiger partial charge is 0.233 e. The van der Waals surface area contributed by atoms with E-state index in [1.54, 1.807) is 18.2 Å². The highest BCUT2D eigenvalue weighted by molar-refractivity contribution is 6.03. The highest BCUT2D eigenvalue weighted by atomic mass is 16.6. The molecule has 0 saturated heterocycles. The van der Waals surface area contributed by atoms with Crippen LogP contribution in [0.25, 0.3) is 0 Å². The van der Waals surface area contributed by atoms with Crippen molar-refractivity contribution in [3.05, 3.63) is 18.2 Å².